The number of nitrogens with zero attached hydrogens (tertiary/aromatic N) is 1. The van der Waals surface area contributed by atoms with E-state index in [0.717, 1.165) is 18.2 Å². The number of nitrogens with one attached hydrogen (secondary N) is 4. The van der Waals surface area contributed by atoms with Gasteiger partial charge in [-0.3, -0.25) is 9.78 Å². The van der Waals surface area contributed by atoms with E-state index >= 15 is 0 Å². The smallest absolute Gasteiger partial charge is 0.276 e. The van der Waals surface area contributed by atoms with Gasteiger partial charge < -0.3 is 16.0 Å². The number of aromatic amines is 1. The lowest BCUT2D eigenvalue weighted by Crippen LogP contribution is -2.21. The van der Waals surface area contributed by atoms with E-state index in [9.17, 15) is 4.79 Å². The molecule has 8 heteroatoms. The highest BCUT2D eigenvalue weighted by Crippen LogP contribution is 2.22. The Morgan fingerprint density at radius 1 is 1.30 bits per heavy atom. The summed E-state index contributed by atoms with van der Waals surface area (Å²) in [7, 11) is 0. The maximum absolute atomic E-state index is 12.1. The van der Waals surface area contributed by atoms with Gasteiger partial charge in [-0.1, -0.05) is 36.2 Å². The predicted molar refractivity (Wildman–Crippen MR) is 95.3 cm³/mol. The maximum Gasteiger partial charge on any atom is 0.276 e. The summed E-state index contributed by atoms with van der Waals surface area (Å²) in [4.78, 5) is 19.0. The molecule has 0 spiro atoms. The van der Waals surface area contributed by atoms with Gasteiger partial charge in [-0.05, 0) is 24.1 Å². The fourth-order valence-corrected chi connectivity index (χ4v) is 2.26. The largest absolute Gasteiger partial charge is 0.379 e. The number of hydrogen-bond donors (Lipinski definition) is 4. The number of halogens is 2. The SMILES string of the molecule is CCCNc1c(C=N)nc(NCc2ccc(Cl)c(Cl)c2)[nH]c1=O. The molecule has 2 rings (SSSR count). The molecule has 0 aliphatic carbocycles. The number of aromatic nitrogens is 2. The van der Waals surface area contributed by atoms with Gasteiger partial charge in [-0.15, -0.1) is 0 Å². The average Bonchev–Trinajstić information content (AvgIpc) is 2.54. The molecule has 1 aromatic carbocycles. The molecule has 0 amide bonds. The third-order valence-corrected chi connectivity index (χ3v) is 3.82. The first kappa shape index (κ1) is 17.3. The van der Waals surface area contributed by atoms with E-state index < -0.39 is 0 Å². The second-order valence-corrected chi connectivity index (χ2v) is 5.66. The molecule has 1 heterocycles. The first-order valence-electron chi connectivity index (χ1n) is 7.11. The fourth-order valence-electron chi connectivity index (χ4n) is 1.94. The third kappa shape index (κ3) is 4.46. The van der Waals surface area contributed by atoms with Crippen LogP contribution < -0.4 is 16.2 Å². The fraction of sp³-hybridized carbons (Fsp3) is 0.267. The molecule has 0 saturated carbocycles. The van der Waals surface area contributed by atoms with Gasteiger partial charge in [0.05, 0.1) is 10.0 Å². The van der Waals surface area contributed by atoms with Gasteiger partial charge >= 0.3 is 0 Å². The van der Waals surface area contributed by atoms with Gasteiger partial charge in [-0.25, -0.2) is 4.98 Å². The molecular weight excluding hydrogens is 337 g/mol. The van der Waals surface area contributed by atoms with Crippen LogP contribution in [0.5, 0.6) is 0 Å². The van der Waals surface area contributed by atoms with Crippen molar-refractivity contribution in [3.05, 3.63) is 49.9 Å². The van der Waals surface area contributed by atoms with E-state index in [0.29, 0.717) is 40.5 Å². The summed E-state index contributed by atoms with van der Waals surface area (Å²) in [5, 5.41) is 14.4. The molecule has 0 bridgehead atoms. The van der Waals surface area contributed by atoms with E-state index in [4.69, 9.17) is 28.6 Å². The monoisotopic (exact) mass is 353 g/mol. The van der Waals surface area contributed by atoms with Crippen LogP contribution in [0.4, 0.5) is 11.6 Å². The minimum absolute atomic E-state index is 0.291. The number of hydrogen-bond acceptors (Lipinski definition) is 5. The van der Waals surface area contributed by atoms with Crippen LogP contribution in [0, 0.1) is 5.41 Å². The summed E-state index contributed by atoms with van der Waals surface area (Å²) in [5.74, 6) is 0.293. The Labute approximate surface area is 143 Å². The first-order valence-corrected chi connectivity index (χ1v) is 7.87. The quantitative estimate of drug-likeness (QED) is 0.573. The standard InChI is InChI=1S/C15H17Cl2N5O/c1-2-5-19-13-12(7-18)21-15(22-14(13)23)20-8-9-3-4-10(16)11(17)6-9/h3-4,6-7,18-19H,2,5,8H2,1H3,(H2,20,21,22,23). The lowest BCUT2D eigenvalue weighted by atomic mass is 10.2. The van der Waals surface area contributed by atoms with Crippen molar-refractivity contribution in [3.8, 4) is 0 Å². The van der Waals surface area contributed by atoms with Gasteiger partial charge in [0, 0.05) is 19.3 Å². The highest BCUT2D eigenvalue weighted by Gasteiger charge is 2.09. The van der Waals surface area contributed by atoms with Gasteiger partial charge in [0.15, 0.2) is 0 Å². The molecule has 0 atom stereocenters. The Hall–Kier alpha value is -2.05. The van der Waals surface area contributed by atoms with Crippen molar-refractivity contribution in [2.45, 2.75) is 19.9 Å². The van der Waals surface area contributed by atoms with E-state index in [2.05, 4.69) is 20.6 Å². The zero-order valence-electron chi connectivity index (χ0n) is 12.5. The van der Waals surface area contributed by atoms with Gasteiger partial charge in [0.25, 0.3) is 5.56 Å². The lowest BCUT2D eigenvalue weighted by molar-refractivity contribution is 0.961. The van der Waals surface area contributed by atoms with Crippen molar-refractivity contribution in [3.63, 3.8) is 0 Å². The highest BCUT2D eigenvalue weighted by molar-refractivity contribution is 6.42. The third-order valence-electron chi connectivity index (χ3n) is 3.08. The van der Waals surface area contributed by atoms with E-state index in [1.54, 1.807) is 12.1 Å². The summed E-state index contributed by atoms with van der Waals surface area (Å²) in [6, 6.07) is 5.27. The maximum atomic E-state index is 12.1. The Morgan fingerprint density at radius 2 is 2.09 bits per heavy atom. The zero-order chi connectivity index (χ0) is 16.8. The molecular formula is C15H17Cl2N5O. The summed E-state index contributed by atoms with van der Waals surface area (Å²) < 4.78 is 0. The van der Waals surface area contributed by atoms with Crippen LogP contribution in [0.2, 0.25) is 10.0 Å². The van der Waals surface area contributed by atoms with Crippen LogP contribution in [0.15, 0.2) is 23.0 Å². The van der Waals surface area contributed by atoms with Crippen molar-refractivity contribution in [2.75, 3.05) is 17.2 Å². The summed E-state index contributed by atoms with van der Waals surface area (Å²) >= 11 is 11.8. The Kier molecular flexibility index (Phi) is 6.01. The molecule has 2 aromatic rings. The van der Waals surface area contributed by atoms with Crippen LogP contribution in [0.3, 0.4) is 0 Å². The average molecular weight is 354 g/mol. The number of rotatable bonds is 7. The van der Waals surface area contributed by atoms with Crippen LogP contribution in [0.1, 0.15) is 24.6 Å². The Bertz CT molecular complexity index is 760. The predicted octanol–water partition coefficient (Wildman–Crippen LogP) is 3.51. The number of H-pyrrole nitrogens is 1. The minimum Gasteiger partial charge on any atom is -0.379 e. The molecule has 122 valence electrons. The van der Waals surface area contributed by atoms with Crippen LogP contribution in [-0.4, -0.2) is 22.7 Å². The van der Waals surface area contributed by atoms with E-state index in [-0.39, 0.29) is 5.56 Å². The molecule has 0 aliphatic rings. The van der Waals surface area contributed by atoms with Crippen LogP contribution in [-0.2, 0) is 6.54 Å². The summed E-state index contributed by atoms with van der Waals surface area (Å²) in [5.41, 5.74) is 1.18. The number of anilines is 2. The minimum atomic E-state index is -0.316. The van der Waals surface area contributed by atoms with Crippen LogP contribution in [0.25, 0.3) is 0 Å². The van der Waals surface area contributed by atoms with E-state index in [1.807, 2.05) is 13.0 Å². The molecule has 0 radical (unpaired) electrons. The molecule has 0 unspecified atom stereocenters. The molecule has 4 N–H and O–H groups in total. The van der Waals surface area contributed by atoms with Crippen molar-refractivity contribution in [2.24, 2.45) is 0 Å². The van der Waals surface area contributed by atoms with Crippen molar-refractivity contribution in [1.82, 2.24) is 9.97 Å². The first-order chi connectivity index (χ1) is 11.0. The topological polar surface area (TPSA) is 93.7 Å². The summed E-state index contributed by atoms with van der Waals surface area (Å²) in [6.45, 7) is 3.05. The lowest BCUT2D eigenvalue weighted by Gasteiger charge is -2.10. The van der Waals surface area contributed by atoms with Crippen molar-refractivity contribution < 1.29 is 0 Å². The van der Waals surface area contributed by atoms with Crippen LogP contribution >= 0.6 is 23.2 Å². The molecule has 0 aliphatic heterocycles. The summed E-state index contributed by atoms with van der Waals surface area (Å²) in [6.07, 6.45) is 1.92. The highest BCUT2D eigenvalue weighted by atomic mass is 35.5. The van der Waals surface area contributed by atoms with Crippen molar-refractivity contribution >= 4 is 41.1 Å². The second kappa shape index (κ2) is 7.99. The molecule has 23 heavy (non-hydrogen) atoms. The number of benzene rings is 1. The Balaban J connectivity index is 2.17. The zero-order valence-corrected chi connectivity index (χ0v) is 14.1. The van der Waals surface area contributed by atoms with Gasteiger partial charge in [-0.2, -0.15) is 0 Å². The second-order valence-electron chi connectivity index (χ2n) is 4.85. The Morgan fingerprint density at radius 3 is 2.74 bits per heavy atom. The molecule has 6 nitrogen and oxygen atoms in total. The van der Waals surface area contributed by atoms with Gasteiger partial charge in [0.1, 0.15) is 11.4 Å². The van der Waals surface area contributed by atoms with E-state index in [1.165, 1.54) is 0 Å². The van der Waals surface area contributed by atoms with Gasteiger partial charge in [0.2, 0.25) is 5.95 Å². The van der Waals surface area contributed by atoms with Crippen molar-refractivity contribution in [1.29, 1.82) is 5.41 Å². The normalized spacial score (nSPS) is 10.4. The molecule has 0 fully saturated rings. The molecule has 1 aromatic heterocycles. The molecule has 0 saturated heterocycles.